The first-order chi connectivity index (χ1) is 14.1. The number of ether oxygens (including phenoxy) is 3. The molecule has 2 aromatic rings. The molecule has 1 aliphatic rings. The van der Waals surface area contributed by atoms with Gasteiger partial charge in [-0.1, -0.05) is 11.6 Å². The first-order valence-corrected chi connectivity index (χ1v) is 9.21. The molecule has 0 bridgehead atoms. The van der Waals surface area contributed by atoms with Gasteiger partial charge in [-0.2, -0.15) is 4.98 Å². The summed E-state index contributed by atoms with van der Waals surface area (Å²) in [6, 6.07) is 5.55. The van der Waals surface area contributed by atoms with Gasteiger partial charge >= 0.3 is 12.4 Å². The van der Waals surface area contributed by atoms with Crippen LogP contribution in [0.25, 0.3) is 0 Å². The number of rotatable bonds is 6. The Morgan fingerprint density at radius 2 is 2.00 bits per heavy atom. The number of fused-ring (bicyclic) bond motifs is 1. The predicted molar refractivity (Wildman–Crippen MR) is 106 cm³/mol. The number of imidazole rings is 1. The van der Waals surface area contributed by atoms with Crippen LogP contribution in [0.15, 0.2) is 41.0 Å². The van der Waals surface area contributed by atoms with Gasteiger partial charge < -0.3 is 19.1 Å². The summed E-state index contributed by atoms with van der Waals surface area (Å²) in [6.07, 6.45) is -3.02. The van der Waals surface area contributed by atoms with Gasteiger partial charge in [0.2, 0.25) is 0 Å². The van der Waals surface area contributed by atoms with Gasteiger partial charge in [0, 0.05) is 25.0 Å². The Morgan fingerprint density at radius 1 is 1.27 bits per heavy atom. The number of halogens is 3. The fraction of sp³-hybridized carbons (Fsp3) is 0.400. The van der Waals surface area contributed by atoms with Crippen LogP contribution in [0.1, 0.15) is 26.5 Å². The van der Waals surface area contributed by atoms with Crippen LogP contribution in [0.3, 0.4) is 0 Å². The van der Waals surface area contributed by atoms with Crippen LogP contribution in [0.2, 0.25) is 0 Å². The van der Waals surface area contributed by atoms with E-state index in [-0.39, 0.29) is 17.5 Å². The first kappa shape index (κ1) is 21.7. The van der Waals surface area contributed by atoms with Gasteiger partial charge in [0.25, 0.3) is 0 Å². The van der Waals surface area contributed by atoms with Crippen molar-refractivity contribution < 1.29 is 27.4 Å². The van der Waals surface area contributed by atoms with E-state index in [4.69, 9.17) is 9.47 Å². The van der Waals surface area contributed by atoms with E-state index in [1.807, 2.05) is 32.7 Å². The van der Waals surface area contributed by atoms with Gasteiger partial charge in [-0.15, -0.1) is 13.2 Å². The number of allylic oxidation sites excluding steroid dienone is 1. The molecule has 0 fully saturated rings. The summed E-state index contributed by atoms with van der Waals surface area (Å²) >= 11 is 0. The van der Waals surface area contributed by atoms with Crippen molar-refractivity contribution in [3.8, 4) is 17.5 Å². The van der Waals surface area contributed by atoms with Gasteiger partial charge in [0.1, 0.15) is 18.2 Å². The van der Waals surface area contributed by atoms with Gasteiger partial charge in [0.05, 0.1) is 18.8 Å². The van der Waals surface area contributed by atoms with E-state index in [1.165, 1.54) is 18.2 Å². The highest BCUT2D eigenvalue weighted by molar-refractivity contribution is 5.82. The molecule has 0 atom stereocenters. The van der Waals surface area contributed by atoms with Crippen molar-refractivity contribution in [2.24, 2.45) is 4.99 Å². The smallest absolute Gasteiger partial charge is 0.425 e. The zero-order valence-electron chi connectivity index (χ0n) is 17.2. The second kappa shape index (κ2) is 8.78. The van der Waals surface area contributed by atoms with Gasteiger partial charge in [-0.05, 0) is 32.9 Å². The average molecular weight is 424 g/mol. The molecule has 3 rings (SSSR count). The maximum Gasteiger partial charge on any atom is 0.573 e. The number of aromatic nitrogens is 2. The highest BCUT2D eigenvalue weighted by Crippen LogP contribution is 2.33. The van der Waals surface area contributed by atoms with Crippen molar-refractivity contribution in [3.63, 3.8) is 0 Å². The maximum absolute atomic E-state index is 12.5. The topological polar surface area (TPSA) is 61.1 Å². The number of hydrogen-bond acceptors (Lipinski definition) is 6. The molecule has 1 aromatic carbocycles. The van der Waals surface area contributed by atoms with Crippen LogP contribution in [0.4, 0.5) is 19.0 Å². The van der Waals surface area contributed by atoms with Gasteiger partial charge in [-0.25, -0.2) is 0 Å². The molecule has 162 valence electrons. The van der Waals surface area contributed by atoms with Gasteiger partial charge in [0.15, 0.2) is 5.82 Å². The van der Waals surface area contributed by atoms with Crippen molar-refractivity contribution in [2.75, 3.05) is 18.7 Å². The Hall–Kier alpha value is -3.01. The molecule has 0 spiro atoms. The molecule has 0 N–H and O–H groups in total. The van der Waals surface area contributed by atoms with Crippen molar-refractivity contribution in [3.05, 3.63) is 41.7 Å². The van der Waals surface area contributed by atoms with Crippen molar-refractivity contribution >= 4 is 11.5 Å². The largest absolute Gasteiger partial charge is 0.573 e. The van der Waals surface area contributed by atoms with E-state index in [1.54, 1.807) is 10.8 Å². The van der Waals surface area contributed by atoms with E-state index < -0.39 is 6.36 Å². The summed E-state index contributed by atoms with van der Waals surface area (Å²) < 4.78 is 54.7. The van der Waals surface area contributed by atoms with E-state index in [2.05, 4.69) is 14.7 Å². The molecular formula is C20H23F3N4O3. The minimum Gasteiger partial charge on any atom is -0.425 e. The normalized spacial score (nSPS) is 14.4. The lowest BCUT2D eigenvalue weighted by Gasteiger charge is -2.24. The Balaban J connectivity index is 1.93. The van der Waals surface area contributed by atoms with E-state index in [0.29, 0.717) is 25.7 Å². The first-order valence-electron chi connectivity index (χ1n) is 9.21. The lowest BCUT2D eigenvalue weighted by molar-refractivity contribution is -0.274. The Labute approximate surface area is 172 Å². The molecule has 0 amide bonds. The molecule has 30 heavy (non-hydrogen) atoms. The lowest BCUT2D eigenvalue weighted by Crippen LogP contribution is -2.27. The second-order valence-electron chi connectivity index (χ2n) is 7.12. The predicted octanol–water partition coefficient (Wildman–Crippen LogP) is 4.88. The van der Waals surface area contributed by atoms with Crippen molar-refractivity contribution in [1.82, 2.24) is 9.55 Å². The minimum atomic E-state index is -4.78. The highest BCUT2D eigenvalue weighted by Gasteiger charge is 2.31. The average Bonchev–Trinajstić information content (AvgIpc) is 2.98. The molecular weight excluding hydrogens is 401 g/mol. The number of nitrogens with zero attached hydrogens (tertiary/aromatic N) is 4. The third kappa shape index (κ3) is 5.53. The van der Waals surface area contributed by atoms with Crippen LogP contribution in [0.5, 0.6) is 17.5 Å². The molecule has 0 saturated carbocycles. The summed E-state index contributed by atoms with van der Waals surface area (Å²) in [6.45, 7) is 6.87. The number of alkyl halides is 3. The zero-order chi connectivity index (χ0) is 21.9. The number of anilines is 1. The molecule has 7 nitrogen and oxygen atoms in total. The third-order valence-corrected chi connectivity index (χ3v) is 4.08. The molecule has 1 aromatic heterocycles. The Kier molecular flexibility index (Phi) is 6.35. The standard InChI is InChI=1S/C20H23F3N4O3/c1-13(2)9-24-14(3)10-27-17-11-28-12-26(4)18(17)25-19(27)29-15-6-5-7-16(8-15)30-20(21,22)23/h5-9H,10-12H2,1-4H3/b24-14+. The Bertz CT molecular complexity index is 963. The molecule has 0 radical (unpaired) electrons. The Morgan fingerprint density at radius 3 is 2.70 bits per heavy atom. The number of aliphatic imine (C=N–C) groups is 1. The van der Waals surface area contributed by atoms with Crippen LogP contribution < -0.4 is 14.4 Å². The van der Waals surface area contributed by atoms with E-state index in [9.17, 15) is 13.2 Å². The van der Waals surface area contributed by atoms with Crippen LogP contribution in [0, 0.1) is 0 Å². The monoisotopic (exact) mass is 424 g/mol. The second-order valence-corrected chi connectivity index (χ2v) is 7.12. The summed E-state index contributed by atoms with van der Waals surface area (Å²) in [5.74, 6) is 0.487. The van der Waals surface area contributed by atoms with E-state index in [0.717, 1.165) is 23.0 Å². The number of hydrogen-bond donors (Lipinski definition) is 0. The molecule has 2 heterocycles. The quantitative estimate of drug-likeness (QED) is 0.619. The third-order valence-electron chi connectivity index (χ3n) is 4.08. The molecule has 1 aliphatic heterocycles. The molecule has 0 unspecified atom stereocenters. The fourth-order valence-corrected chi connectivity index (χ4v) is 2.83. The SMILES string of the molecule is CC(C)=C/N=C(\C)Cn1c(Oc2cccc(OC(F)(F)F)c2)nc2c1COCN2C. The van der Waals surface area contributed by atoms with Crippen LogP contribution >= 0.6 is 0 Å². The minimum absolute atomic E-state index is 0.169. The highest BCUT2D eigenvalue weighted by atomic mass is 19.4. The molecule has 0 saturated heterocycles. The van der Waals surface area contributed by atoms with Crippen LogP contribution in [-0.4, -0.2) is 35.4 Å². The van der Waals surface area contributed by atoms with Crippen molar-refractivity contribution in [2.45, 2.75) is 40.3 Å². The lowest BCUT2D eigenvalue weighted by atomic mass is 10.3. The molecule has 10 heteroatoms. The molecule has 0 aliphatic carbocycles. The fourth-order valence-electron chi connectivity index (χ4n) is 2.83. The van der Waals surface area contributed by atoms with E-state index >= 15 is 0 Å². The van der Waals surface area contributed by atoms with Crippen LogP contribution in [-0.2, 0) is 17.9 Å². The summed E-state index contributed by atoms with van der Waals surface area (Å²) in [4.78, 5) is 10.8. The summed E-state index contributed by atoms with van der Waals surface area (Å²) in [5, 5.41) is 0. The maximum atomic E-state index is 12.5. The zero-order valence-corrected chi connectivity index (χ0v) is 17.2. The van der Waals surface area contributed by atoms with Crippen molar-refractivity contribution in [1.29, 1.82) is 0 Å². The number of benzene rings is 1. The summed E-state index contributed by atoms with van der Waals surface area (Å²) in [5.41, 5.74) is 2.67. The van der Waals surface area contributed by atoms with Gasteiger partial charge in [-0.3, -0.25) is 9.56 Å². The summed E-state index contributed by atoms with van der Waals surface area (Å²) in [7, 11) is 1.83.